The van der Waals surface area contributed by atoms with Crippen LogP contribution in [0.5, 0.6) is 0 Å². The van der Waals surface area contributed by atoms with Crippen molar-refractivity contribution >= 4 is 11.8 Å². The van der Waals surface area contributed by atoms with Crippen LogP contribution in [0.2, 0.25) is 0 Å². The fourth-order valence-corrected chi connectivity index (χ4v) is 1.08. The van der Waals surface area contributed by atoms with Gasteiger partial charge in [0.05, 0.1) is 6.54 Å². The quantitative estimate of drug-likeness (QED) is 0.607. The zero-order valence-corrected chi connectivity index (χ0v) is 10.3. The monoisotopic (exact) mass is 227 g/mol. The van der Waals surface area contributed by atoms with E-state index in [0.29, 0.717) is 13.1 Å². The molecule has 2 amide bonds. The van der Waals surface area contributed by atoms with Crippen LogP contribution in [-0.4, -0.2) is 61.9 Å². The predicted octanol–water partition coefficient (Wildman–Crippen LogP) is -0.301. The number of amides is 2. The van der Waals surface area contributed by atoms with E-state index in [9.17, 15) is 9.59 Å². The van der Waals surface area contributed by atoms with Crippen LogP contribution in [0, 0.1) is 0 Å². The molecule has 0 saturated carbocycles. The number of hydrogen-bond donors (Lipinski definition) is 1. The first kappa shape index (κ1) is 14.6. The maximum absolute atomic E-state index is 11.4. The summed E-state index contributed by atoms with van der Waals surface area (Å²) in [7, 11) is 3.85. The Balaban J connectivity index is 4.07. The van der Waals surface area contributed by atoms with Gasteiger partial charge in [0.1, 0.15) is 0 Å². The highest BCUT2D eigenvalue weighted by atomic mass is 16.2. The topological polar surface area (TPSA) is 52.7 Å². The van der Waals surface area contributed by atoms with E-state index in [4.69, 9.17) is 0 Å². The third-order valence-corrected chi connectivity index (χ3v) is 2.04. The molecule has 0 rings (SSSR count). The van der Waals surface area contributed by atoms with Gasteiger partial charge < -0.3 is 15.1 Å². The lowest BCUT2D eigenvalue weighted by molar-refractivity contribution is -0.134. The molecule has 0 heterocycles. The molecule has 0 saturated heterocycles. The van der Waals surface area contributed by atoms with Crippen LogP contribution < -0.4 is 5.32 Å². The van der Waals surface area contributed by atoms with Crippen molar-refractivity contribution < 1.29 is 9.59 Å². The van der Waals surface area contributed by atoms with Crippen LogP contribution >= 0.6 is 0 Å². The van der Waals surface area contributed by atoms with Gasteiger partial charge in [0.25, 0.3) is 0 Å². The van der Waals surface area contributed by atoms with Gasteiger partial charge in [-0.25, -0.2) is 0 Å². The molecule has 0 aromatic carbocycles. The van der Waals surface area contributed by atoms with Crippen LogP contribution in [0.3, 0.4) is 0 Å². The Hall–Kier alpha value is -1.36. The van der Waals surface area contributed by atoms with E-state index in [1.807, 2.05) is 19.0 Å². The number of nitrogens with one attached hydrogen (secondary N) is 1. The standard InChI is InChI=1S/C11H21N3O2/c1-5-6-12-11(16)9-14(10(2)15)8-7-13(3)4/h5H,1,6-9H2,2-4H3,(H,12,16). The first-order valence-electron chi connectivity index (χ1n) is 5.25. The Morgan fingerprint density at radius 3 is 2.38 bits per heavy atom. The molecule has 5 nitrogen and oxygen atoms in total. The van der Waals surface area contributed by atoms with Crippen molar-refractivity contribution in [1.82, 2.24) is 15.1 Å². The minimum absolute atomic E-state index is 0.0874. The summed E-state index contributed by atoms with van der Waals surface area (Å²) in [5.41, 5.74) is 0. The Morgan fingerprint density at radius 1 is 1.31 bits per heavy atom. The maximum Gasteiger partial charge on any atom is 0.239 e. The van der Waals surface area contributed by atoms with Gasteiger partial charge in [0.15, 0.2) is 0 Å². The van der Waals surface area contributed by atoms with E-state index in [2.05, 4.69) is 11.9 Å². The summed E-state index contributed by atoms with van der Waals surface area (Å²) in [6.07, 6.45) is 1.61. The summed E-state index contributed by atoms with van der Waals surface area (Å²) < 4.78 is 0. The van der Waals surface area contributed by atoms with Gasteiger partial charge in [0, 0.05) is 26.6 Å². The van der Waals surface area contributed by atoms with Crippen LogP contribution in [0.4, 0.5) is 0 Å². The number of hydrogen-bond acceptors (Lipinski definition) is 3. The molecule has 1 N–H and O–H groups in total. The summed E-state index contributed by atoms with van der Waals surface area (Å²) in [5, 5.41) is 2.64. The minimum atomic E-state index is -0.158. The highest BCUT2D eigenvalue weighted by Crippen LogP contribution is 1.90. The fraction of sp³-hybridized carbons (Fsp3) is 0.636. The normalized spacial score (nSPS) is 10.0. The zero-order valence-electron chi connectivity index (χ0n) is 10.3. The first-order valence-corrected chi connectivity index (χ1v) is 5.25. The van der Waals surface area contributed by atoms with Crippen molar-refractivity contribution in [1.29, 1.82) is 0 Å². The van der Waals surface area contributed by atoms with Crippen molar-refractivity contribution in [3.63, 3.8) is 0 Å². The first-order chi connectivity index (χ1) is 7.47. The Bertz CT molecular complexity index is 252. The van der Waals surface area contributed by atoms with Crippen molar-refractivity contribution in [3.05, 3.63) is 12.7 Å². The van der Waals surface area contributed by atoms with E-state index in [-0.39, 0.29) is 18.4 Å². The zero-order chi connectivity index (χ0) is 12.6. The molecule has 5 heteroatoms. The lowest BCUT2D eigenvalue weighted by Crippen LogP contribution is -2.42. The Kier molecular flexibility index (Phi) is 7.20. The summed E-state index contributed by atoms with van der Waals surface area (Å²) in [4.78, 5) is 26.2. The number of nitrogens with zero attached hydrogens (tertiary/aromatic N) is 2. The van der Waals surface area contributed by atoms with Crippen molar-refractivity contribution in [2.75, 3.05) is 40.3 Å². The average Bonchev–Trinajstić information content (AvgIpc) is 2.20. The van der Waals surface area contributed by atoms with E-state index in [0.717, 1.165) is 6.54 Å². The van der Waals surface area contributed by atoms with Gasteiger partial charge in [-0.1, -0.05) is 6.08 Å². The summed E-state index contributed by atoms with van der Waals surface area (Å²) >= 11 is 0. The van der Waals surface area contributed by atoms with E-state index >= 15 is 0 Å². The van der Waals surface area contributed by atoms with Crippen molar-refractivity contribution in [2.24, 2.45) is 0 Å². The molecule has 0 fully saturated rings. The highest BCUT2D eigenvalue weighted by molar-refractivity contribution is 5.83. The smallest absolute Gasteiger partial charge is 0.239 e. The molecule has 0 spiro atoms. The Labute approximate surface area is 97.1 Å². The molecule has 0 unspecified atom stereocenters. The predicted molar refractivity (Wildman–Crippen MR) is 64.0 cm³/mol. The second-order valence-corrected chi connectivity index (χ2v) is 3.84. The molecule has 16 heavy (non-hydrogen) atoms. The molecular weight excluding hydrogens is 206 g/mol. The molecule has 0 aliphatic carbocycles. The fourth-order valence-electron chi connectivity index (χ4n) is 1.08. The van der Waals surface area contributed by atoms with Crippen LogP contribution in [0.25, 0.3) is 0 Å². The minimum Gasteiger partial charge on any atom is -0.351 e. The molecule has 0 radical (unpaired) electrons. The van der Waals surface area contributed by atoms with Crippen LogP contribution in [0.15, 0.2) is 12.7 Å². The van der Waals surface area contributed by atoms with Gasteiger partial charge in [-0.15, -0.1) is 6.58 Å². The maximum atomic E-state index is 11.4. The SMILES string of the molecule is C=CCNC(=O)CN(CCN(C)C)C(C)=O. The molecule has 0 aromatic heterocycles. The molecule has 0 aliphatic rings. The summed E-state index contributed by atoms with van der Waals surface area (Å²) in [6.45, 7) is 6.81. The summed E-state index contributed by atoms with van der Waals surface area (Å²) in [6, 6.07) is 0. The number of likely N-dealkylation sites (N-methyl/N-ethyl adjacent to an activating group) is 1. The van der Waals surface area contributed by atoms with Gasteiger partial charge in [-0.2, -0.15) is 0 Å². The third-order valence-electron chi connectivity index (χ3n) is 2.04. The summed E-state index contributed by atoms with van der Waals surface area (Å²) in [5.74, 6) is -0.246. The van der Waals surface area contributed by atoms with E-state index < -0.39 is 0 Å². The van der Waals surface area contributed by atoms with Gasteiger partial charge in [0.2, 0.25) is 11.8 Å². The average molecular weight is 227 g/mol. The van der Waals surface area contributed by atoms with Crippen LogP contribution in [0.1, 0.15) is 6.92 Å². The van der Waals surface area contributed by atoms with Crippen molar-refractivity contribution in [2.45, 2.75) is 6.92 Å². The van der Waals surface area contributed by atoms with Gasteiger partial charge in [-0.05, 0) is 14.1 Å². The highest BCUT2D eigenvalue weighted by Gasteiger charge is 2.12. The molecule has 92 valence electrons. The lowest BCUT2D eigenvalue weighted by atomic mass is 10.4. The van der Waals surface area contributed by atoms with Gasteiger partial charge in [-0.3, -0.25) is 9.59 Å². The molecule has 0 bridgehead atoms. The number of carbonyl (C=O) groups is 2. The third kappa shape index (κ3) is 7.00. The molecule has 0 aliphatic heterocycles. The molecular formula is C11H21N3O2. The van der Waals surface area contributed by atoms with Crippen molar-refractivity contribution in [3.8, 4) is 0 Å². The largest absolute Gasteiger partial charge is 0.351 e. The number of carbonyl (C=O) groups excluding carboxylic acids is 2. The van der Waals surface area contributed by atoms with E-state index in [1.54, 1.807) is 6.08 Å². The Morgan fingerprint density at radius 2 is 1.94 bits per heavy atom. The second kappa shape index (κ2) is 7.87. The molecule has 0 aromatic rings. The second-order valence-electron chi connectivity index (χ2n) is 3.84. The van der Waals surface area contributed by atoms with E-state index in [1.165, 1.54) is 11.8 Å². The van der Waals surface area contributed by atoms with Crippen LogP contribution in [-0.2, 0) is 9.59 Å². The van der Waals surface area contributed by atoms with Gasteiger partial charge >= 0.3 is 0 Å². The lowest BCUT2D eigenvalue weighted by Gasteiger charge is -2.22. The molecule has 0 atom stereocenters. The number of rotatable bonds is 7.